The van der Waals surface area contributed by atoms with Crippen LogP contribution < -0.4 is 21.3 Å². The Kier molecular flexibility index (Phi) is 11.0. The lowest BCUT2D eigenvalue weighted by atomic mass is 10.0. The first-order chi connectivity index (χ1) is 20.7. The van der Waals surface area contributed by atoms with E-state index in [4.69, 9.17) is 4.52 Å². The van der Waals surface area contributed by atoms with Gasteiger partial charge in [-0.2, -0.15) is 0 Å². The zero-order valence-corrected chi connectivity index (χ0v) is 24.7. The Morgan fingerprint density at radius 3 is 2.40 bits per heavy atom. The Labute approximate surface area is 251 Å². The molecule has 2 aromatic heterocycles. The highest BCUT2D eigenvalue weighted by atomic mass is 16.5. The number of hydrogen-bond donors (Lipinski definition) is 4. The Morgan fingerprint density at radius 2 is 1.67 bits per heavy atom. The van der Waals surface area contributed by atoms with Crippen molar-refractivity contribution in [2.75, 3.05) is 13.1 Å². The predicted octanol–water partition coefficient (Wildman–Crippen LogP) is 1.58. The lowest BCUT2D eigenvalue weighted by Gasteiger charge is -2.26. The van der Waals surface area contributed by atoms with E-state index in [1.54, 1.807) is 12.4 Å². The Bertz CT molecular complexity index is 1380. The Balaban J connectivity index is 1.61. The maximum absolute atomic E-state index is 13.5. The summed E-state index contributed by atoms with van der Waals surface area (Å²) in [5, 5.41) is 15.1. The minimum absolute atomic E-state index is 0.0330. The van der Waals surface area contributed by atoms with Crippen molar-refractivity contribution in [3.63, 3.8) is 0 Å². The van der Waals surface area contributed by atoms with Crippen LogP contribution in [0.4, 0.5) is 0 Å². The second-order valence-corrected chi connectivity index (χ2v) is 11.2. The van der Waals surface area contributed by atoms with Gasteiger partial charge in [0.2, 0.25) is 17.7 Å². The van der Waals surface area contributed by atoms with Crippen molar-refractivity contribution in [3.05, 3.63) is 83.5 Å². The summed E-state index contributed by atoms with van der Waals surface area (Å²) in [6.07, 6.45) is 4.06. The highest BCUT2D eigenvalue weighted by Crippen LogP contribution is 2.12. The highest BCUT2D eigenvalue weighted by Gasteiger charge is 2.30. The van der Waals surface area contributed by atoms with E-state index in [0.29, 0.717) is 31.8 Å². The minimum Gasteiger partial charge on any atom is -0.359 e. The number of aromatic nitrogens is 2. The lowest BCUT2D eigenvalue weighted by molar-refractivity contribution is -0.132. The molecule has 0 unspecified atom stereocenters. The van der Waals surface area contributed by atoms with E-state index in [9.17, 15) is 19.2 Å². The van der Waals surface area contributed by atoms with Crippen molar-refractivity contribution < 1.29 is 23.7 Å². The third-order valence-corrected chi connectivity index (χ3v) is 7.02. The third kappa shape index (κ3) is 9.47. The van der Waals surface area contributed by atoms with Gasteiger partial charge in [-0.25, -0.2) is 0 Å². The standard InChI is InChI=1S/C31H39N7O5/c1-20(2)14-25-30(41)36-26(15-22-8-5-4-6-9-22)29(40)33-12-13-38(18-23-10-7-11-32-17-23)19-24-16-27(37-43-24)31(42)34-21(3)28(39)35-25/h4-11,16-17,20-21,25-26H,12-15,18-19H2,1-3H3,(H,33,40)(H,34,42)(H,35,39)(H,36,41)/t21-,25-,26-/m1/s1. The summed E-state index contributed by atoms with van der Waals surface area (Å²) in [6, 6.07) is 12.0. The van der Waals surface area contributed by atoms with Crippen molar-refractivity contribution in [2.24, 2.45) is 5.92 Å². The molecule has 0 saturated heterocycles. The molecule has 3 atom stereocenters. The number of nitrogens with zero attached hydrogens (tertiary/aromatic N) is 3. The van der Waals surface area contributed by atoms with Crippen molar-refractivity contribution in [2.45, 2.75) is 64.8 Å². The second-order valence-electron chi connectivity index (χ2n) is 11.2. The fraction of sp³-hybridized carbons (Fsp3) is 0.419. The SMILES string of the molecule is CC(C)C[C@H]1NC(=O)[C@@H](C)NC(=O)c2cc(on2)CN(Cc2cccnc2)CCNC(=O)[C@@H](Cc2ccccc2)NC1=O. The smallest absolute Gasteiger partial charge is 0.274 e. The van der Waals surface area contributed by atoms with Crippen LogP contribution in [0.1, 0.15) is 54.6 Å². The molecule has 4 rings (SSSR count). The maximum Gasteiger partial charge on any atom is 0.274 e. The fourth-order valence-electron chi connectivity index (χ4n) is 4.81. The first-order valence-corrected chi connectivity index (χ1v) is 14.5. The molecule has 4 amide bonds. The number of rotatable bonds is 6. The average Bonchev–Trinajstić information content (AvgIpc) is 3.45. The largest absolute Gasteiger partial charge is 0.359 e. The number of hydrogen-bond acceptors (Lipinski definition) is 8. The van der Waals surface area contributed by atoms with Gasteiger partial charge >= 0.3 is 0 Å². The molecule has 12 nitrogen and oxygen atoms in total. The molecule has 43 heavy (non-hydrogen) atoms. The van der Waals surface area contributed by atoms with E-state index in [1.165, 1.54) is 13.0 Å². The van der Waals surface area contributed by atoms with Gasteiger partial charge in [-0.3, -0.25) is 29.1 Å². The van der Waals surface area contributed by atoms with E-state index in [-0.39, 0.29) is 30.5 Å². The first-order valence-electron chi connectivity index (χ1n) is 14.5. The number of nitrogens with one attached hydrogen (secondary N) is 4. The van der Waals surface area contributed by atoms with Gasteiger partial charge in [0.15, 0.2) is 11.5 Å². The molecule has 3 heterocycles. The molecule has 0 radical (unpaired) electrons. The van der Waals surface area contributed by atoms with Crippen LogP contribution in [0.25, 0.3) is 0 Å². The molecule has 0 saturated carbocycles. The van der Waals surface area contributed by atoms with Gasteiger partial charge in [-0.1, -0.05) is 55.4 Å². The molecule has 12 heteroatoms. The van der Waals surface area contributed by atoms with Crippen LogP contribution in [0, 0.1) is 5.92 Å². The quantitative estimate of drug-likeness (QED) is 0.337. The zero-order valence-electron chi connectivity index (χ0n) is 24.7. The molecule has 0 aliphatic carbocycles. The first kappa shape index (κ1) is 31.4. The second kappa shape index (κ2) is 15.1. The topological polar surface area (TPSA) is 159 Å². The van der Waals surface area contributed by atoms with Crippen molar-refractivity contribution in [1.29, 1.82) is 0 Å². The number of carbonyl (C=O) groups is 4. The molecule has 1 aliphatic heterocycles. The number of carbonyl (C=O) groups excluding carboxylic acids is 4. The number of benzene rings is 1. The maximum atomic E-state index is 13.5. The van der Waals surface area contributed by atoms with E-state index >= 15 is 0 Å². The monoisotopic (exact) mass is 589 g/mol. The van der Waals surface area contributed by atoms with E-state index in [1.807, 2.05) is 61.2 Å². The summed E-state index contributed by atoms with van der Waals surface area (Å²) >= 11 is 0. The van der Waals surface area contributed by atoms with Crippen molar-refractivity contribution in [1.82, 2.24) is 36.3 Å². The molecular formula is C31H39N7O5. The van der Waals surface area contributed by atoms with E-state index in [0.717, 1.165) is 11.1 Å². The molecular weight excluding hydrogens is 550 g/mol. The molecule has 1 aromatic carbocycles. The van der Waals surface area contributed by atoms with E-state index < -0.39 is 35.8 Å². The highest BCUT2D eigenvalue weighted by molar-refractivity contribution is 5.97. The summed E-state index contributed by atoms with van der Waals surface area (Å²) in [7, 11) is 0. The predicted molar refractivity (Wildman–Crippen MR) is 158 cm³/mol. The Hall–Kier alpha value is -4.58. The summed E-state index contributed by atoms with van der Waals surface area (Å²) in [5.74, 6) is -1.40. The van der Waals surface area contributed by atoms with Gasteiger partial charge < -0.3 is 25.8 Å². The lowest BCUT2D eigenvalue weighted by Crippen LogP contribution is -2.57. The van der Waals surface area contributed by atoms with E-state index in [2.05, 4.69) is 31.4 Å². The van der Waals surface area contributed by atoms with Crippen LogP contribution in [0.5, 0.6) is 0 Å². The number of pyridine rings is 1. The molecule has 0 spiro atoms. The van der Waals surface area contributed by atoms with Gasteiger partial charge in [-0.05, 0) is 36.5 Å². The van der Waals surface area contributed by atoms with Gasteiger partial charge in [0, 0.05) is 44.5 Å². The van der Waals surface area contributed by atoms with Crippen molar-refractivity contribution in [3.8, 4) is 0 Å². The normalized spacial score (nSPS) is 21.3. The molecule has 1 aliphatic rings. The number of fused-ring (bicyclic) bond motifs is 2. The molecule has 2 bridgehead atoms. The number of amides is 4. The van der Waals surface area contributed by atoms with Gasteiger partial charge in [0.05, 0.1) is 6.54 Å². The zero-order chi connectivity index (χ0) is 30.8. The van der Waals surface area contributed by atoms with Gasteiger partial charge in [0.1, 0.15) is 18.1 Å². The summed E-state index contributed by atoms with van der Waals surface area (Å²) in [4.78, 5) is 59.2. The van der Waals surface area contributed by atoms with Crippen LogP contribution in [-0.4, -0.2) is 69.9 Å². The van der Waals surface area contributed by atoms with Crippen LogP contribution in [0.3, 0.4) is 0 Å². The molecule has 4 N–H and O–H groups in total. The summed E-state index contributed by atoms with van der Waals surface area (Å²) in [5.41, 5.74) is 1.87. The van der Waals surface area contributed by atoms with Crippen LogP contribution >= 0.6 is 0 Å². The van der Waals surface area contributed by atoms with Crippen LogP contribution in [0.2, 0.25) is 0 Å². The van der Waals surface area contributed by atoms with Crippen LogP contribution in [0.15, 0.2) is 65.4 Å². The van der Waals surface area contributed by atoms with Crippen molar-refractivity contribution >= 4 is 23.6 Å². The van der Waals surface area contributed by atoms with Gasteiger partial charge in [-0.15, -0.1) is 0 Å². The van der Waals surface area contributed by atoms with Gasteiger partial charge in [0.25, 0.3) is 5.91 Å². The molecule has 0 fully saturated rings. The minimum atomic E-state index is -0.959. The molecule has 3 aromatic rings. The summed E-state index contributed by atoms with van der Waals surface area (Å²) in [6.45, 7) is 6.93. The van der Waals surface area contributed by atoms with Crippen LogP contribution in [-0.2, 0) is 33.9 Å². The Morgan fingerprint density at radius 1 is 0.930 bits per heavy atom. The third-order valence-electron chi connectivity index (χ3n) is 7.02. The fourth-order valence-corrected chi connectivity index (χ4v) is 4.81. The molecule has 228 valence electrons. The average molecular weight is 590 g/mol. The summed E-state index contributed by atoms with van der Waals surface area (Å²) < 4.78 is 5.45.